The van der Waals surface area contributed by atoms with Crippen LogP contribution in [0.2, 0.25) is 5.02 Å². The van der Waals surface area contributed by atoms with Gasteiger partial charge in [0.15, 0.2) is 0 Å². The first-order valence-corrected chi connectivity index (χ1v) is 7.57. The molecule has 1 aromatic carbocycles. The van der Waals surface area contributed by atoms with Crippen LogP contribution >= 0.6 is 22.9 Å². The molecule has 0 radical (unpaired) electrons. The molecule has 102 valence electrons. The second-order valence-electron chi connectivity index (χ2n) is 4.46. The zero-order valence-electron chi connectivity index (χ0n) is 11.0. The number of nitrogens with one attached hydrogen (secondary N) is 1. The Hall–Kier alpha value is -0.900. The van der Waals surface area contributed by atoms with E-state index in [0.717, 1.165) is 17.7 Å². The van der Waals surface area contributed by atoms with Crippen LogP contribution in [0.25, 0.3) is 10.4 Å². The highest BCUT2D eigenvalue weighted by Crippen LogP contribution is 2.35. The fourth-order valence-electron chi connectivity index (χ4n) is 2.09. The van der Waals surface area contributed by atoms with Crippen LogP contribution in [-0.4, -0.2) is 7.05 Å². The van der Waals surface area contributed by atoms with Gasteiger partial charge in [-0.3, -0.25) is 0 Å². The van der Waals surface area contributed by atoms with E-state index in [0.29, 0.717) is 16.6 Å². The summed E-state index contributed by atoms with van der Waals surface area (Å²) in [5.41, 5.74) is 0.579. The van der Waals surface area contributed by atoms with Crippen LogP contribution in [-0.2, 0) is 0 Å². The van der Waals surface area contributed by atoms with E-state index < -0.39 is 0 Å². The van der Waals surface area contributed by atoms with Gasteiger partial charge in [-0.2, -0.15) is 0 Å². The molecule has 1 aromatic heterocycles. The Balaban J connectivity index is 2.32. The van der Waals surface area contributed by atoms with Crippen LogP contribution in [0.15, 0.2) is 30.3 Å². The molecule has 4 heteroatoms. The molecule has 0 spiro atoms. The number of halogens is 2. The van der Waals surface area contributed by atoms with Crippen molar-refractivity contribution in [3.8, 4) is 10.4 Å². The van der Waals surface area contributed by atoms with Gasteiger partial charge in [-0.05, 0) is 43.8 Å². The molecule has 0 amide bonds. The summed E-state index contributed by atoms with van der Waals surface area (Å²) in [5.74, 6) is -0.228. The summed E-state index contributed by atoms with van der Waals surface area (Å²) in [5, 5.41) is 3.86. The fraction of sp³-hybridized carbons (Fsp3) is 0.333. The molecule has 1 unspecified atom stereocenters. The van der Waals surface area contributed by atoms with Gasteiger partial charge in [-0.25, -0.2) is 4.39 Å². The standard InChI is InChI=1S/C15H17ClFNS/c1-3-4-13(18-2)15-8-7-14(19-15)11-9-10(16)5-6-12(11)17/h5-9,13,18H,3-4H2,1-2H3. The zero-order chi connectivity index (χ0) is 13.8. The normalized spacial score (nSPS) is 12.6. The molecular formula is C15H17ClFNS. The lowest BCUT2D eigenvalue weighted by molar-refractivity contribution is 0.550. The van der Waals surface area contributed by atoms with Gasteiger partial charge in [0.05, 0.1) is 0 Å². The second kappa shape index (κ2) is 6.51. The molecule has 19 heavy (non-hydrogen) atoms. The Morgan fingerprint density at radius 3 is 2.79 bits per heavy atom. The zero-order valence-corrected chi connectivity index (χ0v) is 12.6. The van der Waals surface area contributed by atoms with Gasteiger partial charge in [0.1, 0.15) is 5.82 Å². The molecule has 0 fully saturated rings. The van der Waals surface area contributed by atoms with Gasteiger partial charge in [0.2, 0.25) is 0 Å². The molecule has 0 saturated carbocycles. The highest BCUT2D eigenvalue weighted by Gasteiger charge is 2.13. The average Bonchev–Trinajstić information content (AvgIpc) is 2.88. The molecule has 1 heterocycles. The first kappa shape index (κ1) is 14.5. The topological polar surface area (TPSA) is 12.0 Å². The SMILES string of the molecule is CCCC(NC)c1ccc(-c2cc(Cl)ccc2F)s1. The molecular weight excluding hydrogens is 281 g/mol. The van der Waals surface area contributed by atoms with Crippen molar-refractivity contribution < 1.29 is 4.39 Å². The van der Waals surface area contributed by atoms with Crippen LogP contribution in [0.4, 0.5) is 4.39 Å². The molecule has 0 aliphatic carbocycles. The Labute approximate surface area is 122 Å². The fourth-order valence-corrected chi connectivity index (χ4v) is 3.43. The van der Waals surface area contributed by atoms with Crippen molar-refractivity contribution in [2.75, 3.05) is 7.05 Å². The number of hydrogen-bond donors (Lipinski definition) is 1. The van der Waals surface area contributed by atoms with E-state index in [4.69, 9.17) is 11.6 Å². The van der Waals surface area contributed by atoms with Gasteiger partial charge in [-0.1, -0.05) is 24.9 Å². The van der Waals surface area contributed by atoms with Gasteiger partial charge in [-0.15, -0.1) is 11.3 Å². The van der Waals surface area contributed by atoms with Crippen LogP contribution in [0.3, 0.4) is 0 Å². The van der Waals surface area contributed by atoms with Crippen molar-refractivity contribution in [2.24, 2.45) is 0 Å². The van der Waals surface area contributed by atoms with E-state index in [1.807, 2.05) is 13.1 Å². The summed E-state index contributed by atoms with van der Waals surface area (Å²) in [6, 6.07) is 9.04. The molecule has 0 bridgehead atoms. The number of thiophene rings is 1. The summed E-state index contributed by atoms with van der Waals surface area (Å²) in [4.78, 5) is 2.16. The third kappa shape index (κ3) is 3.35. The van der Waals surface area contributed by atoms with Gasteiger partial charge in [0.25, 0.3) is 0 Å². The Morgan fingerprint density at radius 2 is 2.11 bits per heavy atom. The number of rotatable bonds is 5. The molecule has 1 nitrogen and oxygen atoms in total. The monoisotopic (exact) mass is 297 g/mol. The van der Waals surface area contributed by atoms with Gasteiger partial charge in [0, 0.05) is 26.4 Å². The summed E-state index contributed by atoms with van der Waals surface area (Å²) in [6.07, 6.45) is 2.19. The second-order valence-corrected chi connectivity index (χ2v) is 6.01. The summed E-state index contributed by atoms with van der Waals surface area (Å²) < 4.78 is 13.8. The van der Waals surface area contributed by atoms with Crippen LogP contribution in [0, 0.1) is 5.82 Å². The average molecular weight is 298 g/mol. The molecule has 1 N–H and O–H groups in total. The van der Waals surface area contributed by atoms with Crippen molar-refractivity contribution >= 4 is 22.9 Å². The minimum Gasteiger partial charge on any atom is -0.312 e. The highest BCUT2D eigenvalue weighted by atomic mass is 35.5. The lowest BCUT2D eigenvalue weighted by Gasteiger charge is -2.12. The first-order chi connectivity index (χ1) is 9.15. The van der Waals surface area contributed by atoms with Crippen molar-refractivity contribution in [3.63, 3.8) is 0 Å². The van der Waals surface area contributed by atoms with Crippen molar-refractivity contribution in [1.29, 1.82) is 0 Å². The summed E-state index contributed by atoms with van der Waals surface area (Å²) in [6.45, 7) is 2.16. The van der Waals surface area contributed by atoms with Crippen molar-refractivity contribution in [3.05, 3.63) is 46.0 Å². The minimum absolute atomic E-state index is 0.228. The molecule has 1 atom stereocenters. The molecule has 0 aliphatic rings. The minimum atomic E-state index is -0.228. The molecule has 0 saturated heterocycles. The maximum atomic E-state index is 13.8. The maximum Gasteiger partial charge on any atom is 0.131 e. The molecule has 0 aliphatic heterocycles. The Bertz CT molecular complexity index is 553. The van der Waals surface area contributed by atoms with Crippen molar-refractivity contribution in [1.82, 2.24) is 5.32 Å². The summed E-state index contributed by atoms with van der Waals surface area (Å²) in [7, 11) is 1.96. The molecule has 2 rings (SSSR count). The summed E-state index contributed by atoms with van der Waals surface area (Å²) >= 11 is 7.56. The van der Waals surface area contributed by atoms with Gasteiger partial charge < -0.3 is 5.32 Å². The van der Waals surface area contributed by atoms with E-state index in [2.05, 4.69) is 18.3 Å². The quantitative estimate of drug-likeness (QED) is 0.793. The van der Waals surface area contributed by atoms with E-state index in [1.165, 1.54) is 10.9 Å². The third-order valence-electron chi connectivity index (χ3n) is 3.09. The lowest BCUT2D eigenvalue weighted by Crippen LogP contribution is -2.14. The third-order valence-corrected chi connectivity index (χ3v) is 4.56. The number of benzene rings is 1. The maximum absolute atomic E-state index is 13.8. The van der Waals surface area contributed by atoms with Crippen molar-refractivity contribution in [2.45, 2.75) is 25.8 Å². The smallest absolute Gasteiger partial charge is 0.131 e. The van der Waals surface area contributed by atoms with Crippen LogP contribution in [0.5, 0.6) is 0 Å². The first-order valence-electron chi connectivity index (χ1n) is 6.38. The highest BCUT2D eigenvalue weighted by molar-refractivity contribution is 7.15. The van der Waals surface area contributed by atoms with Crippen LogP contribution < -0.4 is 5.32 Å². The largest absolute Gasteiger partial charge is 0.312 e. The van der Waals surface area contributed by atoms with Crippen LogP contribution in [0.1, 0.15) is 30.7 Å². The van der Waals surface area contributed by atoms with E-state index in [9.17, 15) is 4.39 Å². The van der Waals surface area contributed by atoms with Gasteiger partial charge >= 0.3 is 0 Å². The predicted octanol–water partition coefficient (Wildman–Crippen LogP) is 5.27. The van der Waals surface area contributed by atoms with E-state index >= 15 is 0 Å². The van der Waals surface area contributed by atoms with E-state index in [1.54, 1.807) is 23.5 Å². The Kier molecular flexibility index (Phi) is 4.97. The molecule has 2 aromatic rings. The predicted molar refractivity (Wildman–Crippen MR) is 81.4 cm³/mol. The lowest BCUT2D eigenvalue weighted by atomic mass is 10.1. The Morgan fingerprint density at radius 1 is 1.32 bits per heavy atom. The van der Waals surface area contributed by atoms with E-state index in [-0.39, 0.29) is 5.82 Å². The number of hydrogen-bond acceptors (Lipinski definition) is 2.